The Kier molecular flexibility index (Phi) is 6.41. The van der Waals surface area contributed by atoms with Crippen LogP contribution in [0, 0.1) is 11.3 Å². The molecule has 21 heavy (non-hydrogen) atoms. The first-order chi connectivity index (χ1) is 10.0. The number of carbonyl (C=O) groups is 3. The van der Waals surface area contributed by atoms with Gasteiger partial charge in [-0.2, -0.15) is 5.26 Å². The van der Waals surface area contributed by atoms with E-state index in [2.05, 4.69) is 10.6 Å². The molecule has 0 radical (unpaired) electrons. The molecule has 1 rings (SSSR count). The molecule has 0 saturated heterocycles. The van der Waals surface area contributed by atoms with Crippen molar-refractivity contribution in [2.45, 2.75) is 13.3 Å². The molecule has 0 aromatic heterocycles. The Bertz CT molecular complexity index is 578. The fourth-order valence-corrected chi connectivity index (χ4v) is 1.48. The summed E-state index contributed by atoms with van der Waals surface area (Å²) in [6.07, 6.45) is -0.210. The lowest BCUT2D eigenvalue weighted by molar-refractivity contribution is -0.131. The van der Waals surface area contributed by atoms with Crippen LogP contribution < -0.4 is 15.4 Å². The zero-order valence-electron chi connectivity index (χ0n) is 11.5. The second-order valence-electron chi connectivity index (χ2n) is 4.06. The molecule has 7 heteroatoms. The van der Waals surface area contributed by atoms with E-state index in [0.29, 0.717) is 5.56 Å². The van der Waals surface area contributed by atoms with Crippen molar-refractivity contribution in [1.29, 1.82) is 5.26 Å². The lowest BCUT2D eigenvalue weighted by Crippen LogP contribution is -2.34. The van der Waals surface area contributed by atoms with Crippen LogP contribution in [0.15, 0.2) is 24.3 Å². The van der Waals surface area contributed by atoms with Gasteiger partial charge in [0.2, 0.25) is 5.91 Å². The summed E-state index contributed by atoms with van der Waals surface area (Å²) in [7, 11) is 0. The maximum Gasteiger partial charge on any atom is 0.308 e. The minimum absolute atomic E-state index is 0.210. The van der Waals surface area contributed by atoms with Gasteiger partial charge in [-0.15, -0.1) is 0 Å². The molecule has 2 N–H and O–H groups in total. The molecule has 0 bridgehead atoms. The maximum absolute atomic E-state index is 11.8. The lowest BCUT2D eigenvalue weighted by atomic mass is 10.2. The molecule has 0 atom stereocenters. The highest BCUT2D eigenvalue weighted by molar-refractivity contribution is 5.94. The first-order valence-electron chi connectivity index (χ1n) is 6.23. The van der Waals surface area contributed by atoms with Gasteiger partial charge in [-0.05, 0) is 18.2 Å². The molecule has 2 amide bonds. The highest BCUT2D eigenvalue weighted by Gasteiger charge is 2.07. The van der Waals surface area contributed by atoms with Crippen molar-refractivity contribution in [2.24, 2.45) is 0 Å². The molecular formula is C14H15N3O4. The number of rotatable bonds is 6. The number of benzene rings is 1. The Hall–Kier alpha value is -2.88. The smallest absolute Gasteiger partial charge is 0.308 e. The quantitative estimate of drug-likeness (QED) is 0.447. The SMILES string of the molecule is CC(=O)Oc1cccc(C(=O)NCCNC(=O)CC#N)c1. The molecule has 1 aromatic rings. The number of nitriles is 1. The molecule has 0 fully saturated rings. The third-order valence-electron chi connectivity index (χ3n) is 2.33. The number of nitrogens with zero attached hydrogens (tertiary/aromatic N) is 1. The summed E-state index contributed by atoms with van der Waals surface area (Å²) in [5, 5.41) is 13.4. The number of hydrogen-bond acceptors (Lipinski definition) is 5. The zero-order chi connectivity index (χ0) is 15.7. The third-order valence-corrected chi connectivity index (χ3v) is 2.33. The molecular weight excluding hydrogens is 274 g/mol. The van der Waals surface area contributed by atoms with Crippen LogP contribution in [0.25, 0.3) is 0 Å². The minimum atomic E-state index is -0.465. The summed E-state index contributed by atoms with van der Waals surface area (Å²) in [6.45, 7) is 1.74. The second-order valence-corrected chi connectivity index (χ2v) is 4.06. The summed E-state index contributed by atoms with van der Waals surface area (Å²) in [6, 6.07) is 7.92. The van der Waals surface area contributed by atoms with Gasteiger partial charge in [0, 0.05) is 25.6 Å². The first-order valence-corrected chi connectivity index (χ1v) is 6.23. The van der Waals surface area contributed by atoms with Gasteiger partial charge >= 0.3 is 5.97 Å². The fourth-order valence-electron chi connectivity index (χ4n) is 1.48. The fraction of sp³-hybridized carbons (Fsp3) is 0.286. The van der Waals surface area contributed by atoms with E-state index in [1.807, 2.05) is 0 Å². The largest absolute Gasteiger partial charge is 0.427 e. The first kappa shape index (κ1) is 16.2. The molecule has 1 aromatic carbocycles. The van der Waals surface area contributed by atoms with E-state index in [1.54, 1.807) is 24.3 Å². The maximum atomic E-state index is 11.8. The number of esters is 1. The van der Waals surface area contributed by atoms with Crippen molar-refractivity contribution in [3.63, 3.8) is 0 Å². The Morgan fingerprint density at radius 1 is 1.24 bits per heavy atom. The van der Waals surface area contributed by atoms with E-state index >= 15 is 0 Å². The van der Waals surface area contributed by atoms with Gasteiger partial charge in [0.25, 0.3) is 5.91 Å². The Labute approximate surface area is 121 Å². The Morgan fingerprint density at radius 3 is 2.62 bits per heavy atom. The zero-order valence-corrected chi connectivity index (χ0v) is 11.5. The van der Waals surface area contributed by atoms with Gasteiger partial charge in [-0.3, -0.25) is 14.4 Å². The van der Waals surface area contributed by atoms with Crippen LogP contribution in [0.5, 0.6) is 5.75 Å². The molecule has 0 heterocycles. The van der Waals surface area contributed by atoms with Crippen LogP contribution in [0.4, 0.5) is 0 Å². The number of carbonyl (C=O) groups excluding carboxylic acids is 3. The van der Waals surface area contributed by atoms with E-state index < -0.39 is 5.97 Å². The Balaban J connectivity index is 2.43. The highest BCUT2D eigenvalue weighted by atomic mass is 16.5. The van der Waals surface area contributed by atoms with Gasteiger partial charge in [0.15, 0.2) is 0 Å². The van der Waals surface area contributed by atoms with Gasteiger partial charge < -0.3 is 15.4 Å². The second kappa shape index (κ2) is 8.32. The predicted octanol–water partition coefficient (Wildman–Crippen LogP) is 0.372. The van der Waals surface area contributed by atoms with Crippen LogP contribution in [0.1, 0.15) is 23.7 Å². The van der Waals surface area contributed by atoms with Crippen molar-refractivity contribution in [2.75, 3.05) is 13.1 Å². The third kappa shape index (κ3) is 6.20. The molecule has 0 unspecified atom stereocenters. The van der Waals surface area contributed by atoms with Crippen molar-refractivity contribution in [3.8, 4) is 11.8 Å². The van der Waals surface area contributed by atoms with E-state index in [0.717, 1.165) is 0 Å². The van der Waals surface area contributed by atoms with Gasteiger partial charge in [0.1, 0.15) is 12.2 Å². The molecule has 7 nitrogen and oxygen atoms in total. The molecule has 110 valence electrons. The number of amides is 2. The average molecular weight is 289 g/mol. The molecule has 0 aliphatic rings. The van der Waals surface area contributed by atoms with Crippen LogP contribution in [0.2, 0.25) is 0 Å². The summed E-state index contributed by atoms with van der Waals surface area (Å²) >= 11 is 0. The number of ether oxygens (including phenoxy) is 1. The van der Waals surface area contributed by atoms with Gasteiger partial charge in [-0.1, -0.05) is 6.07 Å². The average Bonchev–Trinajstić information content (AvgIpc) is 2.43. The topological polar surface area (TPSA) is 108 Å². The highest BCUT2D eigenvalue weighted by Crippen LogP contribution is 2.13. The van der Waals surface area contributed by atoms with Crippen molar-refractivity contribution in [1.82, 2.24) is 10.6 Å². The van der Waals surface area contributed by atoms with Crippen LogP contribution in [-0.4, -0.2) is 30.9 Å². The minimum Gasteiger partial charge on any atom is -0.427 e. The van der Waals surface area contributed by atoms with Gasteiger partial charge in [-0.25, -0.2) is 0 Å². The Morgan fingerprint density at radius 2 is 1.95 bits per heavy atom. The summed E-state index contributed by atoms with van der Waals surface area (Å²) in [4.78, 5) is 33.7. The van der Waals surface area contributed by atoms with Crippen LogP contribution in [-0.2, 0) is 9.59 Å². The lowest BCUT2D eigenvalue weighted by Gasteiger charge is -2.07. The van der Waals surface area contributed by atoms with E-state index in [-0.39, 0.29) is 37.1 Å². The molecule has 0 saturated carbocycles. The van der Waals surface area contributed by atoms with Crippen molar-refractivity contribution in [3.05, 3.63) is 29.8 Å². The monoisotopic (exact) mass is 289 g/mol. The molecule has 0 aliphatic heterocycles. The standard InChI is InChI=1S/C14H15N3O4/c1-10(18)21-12-4-2-3-11(9-12)14(20)17-8-7-16-13(19)5-6-15/h2-4,9H,5,7-8H2,1H3,(H,16,19)(H,17,20). The number of nitrogens with one attached hydrogen (secondary N) is 2. The number of hydrogen-bond donors (Lipinski definition) is 2. The predicted molar refractivity (Wildman–Crippen MR) is 73.3 cm³/mol. The van der Waals surface area contributed by atoms with Crippen molar-refractivity contribution >= 4 is 17.8 Å². The van der Waals surface area contributed by atoms with E-state index in [1.165, 1.54) is 13.0 Å². The molecule has 0 spiro atoms. The van der Waals surface area contributed by atoms with E-state index in [4.69, 9.17) is 10.00 Å². The summed E-state index contributed by atoms with van der Waals surface area (Å²) in [5.41, 5.74) is 0.345. The van der Waals surface area contributed by atoms with E-state index in [9.17, 15) is 14.4 Å². The molecule has 0 aliphatic carbocycles. The summed E-state index contributed by atoms with van der Waals surface area (Å²) in [5.74, 6) is -0.910. The normalized spacial score (nSPS) is 9.33. The van der Waals surface area contributed by atoms with Gasteiger partial charge in [0.05, 0.1) is 6.07 Å². The summed E-state index contributed by atoms with van der Waals surface area (Å²) < 4.78 is 4.88. The van der Waals surface area contributed by atoms with Crippen molar-refractivity contribution < 1.29 is 19.1 Å². The van der Waals surface area contributed by atoms with Crippen LogP contribution >= 0.6 is 0 Å². The van der Waals surface area contributed by atoms with Crippen LogP contribution in [0.3, 0.4) is 0 Å².